The third-order valence-electron chi connectivity index (χ3n) is 5.34. The number of aromatic nitrogens is 1. The van der Waals surface area contributed by atoms with Crippen LogP contribution in [0.2, 0.25) is 0 Å². The van der Waals surface area contributed by atoms with E-state index in [4.69, 9.17) is 4.52 Å². The van der Waals surface area contributed by atoms with Gasteiger partial charge in [0.1, 0.15) is 0 Å². The normalized spacial score (nSPS) is 14.9. The minimum absolute atomic E-state index is 0.0870. The molecule has 0 atom stereocenters. The van der Waals surface area contributed by atoms with Gasteiger partial charge in [0.15, 0.2) is 11.3 Å². The number of piperidine rings is 1. The number of likely N-dealkylation sites (tertiary alicyclic amines) is 1. The molecule has 7 nitrogen and oxygen atoms in total. The van der Waals surface area contributed by atoms with Gasteiger partial charge in [-0.2, -0.15) is 0 Å². The first-order valence-electron chi connectivity index (χ1n) is 9.62. The third kappa shape index (κ3) is 3.60. The van der Waals surface area contributed by atoms with Crippen LogP contribution in [0.1, 0.15) is 35.3 Å². The molecule has 1 amide bonds. The van der Waals surface area contributed by atoms with Crippen molar-refractivity contribution in [3.05, 3.63) is 53.7 Å². The maximum atomic E-state index is 13.1. The number of aryl methyl sites for hydroxylation is 1. The molecule has 8 heteroatoms. The average Bonchev–Trinajstić information content (AvgIpc) is 3.17. The highest BCUT2D eigenvalue weighted by Crippen LogP contribution is 2.28. The summed E-state index contributed by atoms with van der Waals surface area (Å²) in [5, 5.41) is 4.35. The van der Waals surface area contributed by atoms with Gasteiger partial charge in [-0.3, -0.25) is 9.10 Å². The molecular formula is C21H23N3O4S. The van der Waals surface area contributed by atoms with Crippen LogP contribution in [0.4, 0.5) is 5.69 Å². The number of nitrogens with zero attached hydrogens (tertiary/aromatic N) is 3. The van der Waals surface area contributed by atoms with Crippen LogP contribution in [0.15, 0.2) is 51.9 Å². The zero-order valence-electron chi connectivity index (χ0n) is 16.5. The Hall–Kier alpha value is -2.87. The molecule has 1 aliphatic rings. The highest BCUT2D eigenvalue weighted by molar-refractivity contribution is 7.92. The van der Waals surface area contributed by atoms with E-state index in [0.29, 0.717) is 29.7 Å². The number of sulfonamides is 1. The molecule has 0 aliphatic carbocycles. The van der Waals surface area contributed by atoms with Crippen LogP contribution in [0.25, 0.3) is 11.0 Å². The number of carbonyl (C=O) groups excluding carboxylic acids is 1. The standard InChI is InChI=1S/C21H23N3O4S/c1-15-6-8-16(9-7-15)23(2)29(26,27)17-10-11-19-18(14-17)20(22-28-19)21(25)24-12-4-3-5-13-24/h6-11,14H,3-5,12-13H2,1-2H3. The molecule has 2 aromatic carbocycles. The highest BCUT2D eigenvalue weighted by atomic mass is 32.2. The van der Waals surface area contributed by atoms with Gasteiger partial charge in [-0.25, -0.2) is 8.42 Å². The van der Waals surface area contributed by atoms with E-state index in [1.54, 1.807) is 23.1 Å². The number of hydrogen-bond donors (Lipinski definition) is 0. The van der Waals surface area contributed by atoms with Crippen LogP contribution in [0.3, 0.4) is 0 Å². The van der Waals surface area contributed by atoms with Gasteiger partial charge in [-0.1, -0.05) is 22.9 Å². The zero-order valence-corrected chi connectivity index (χ0v) is 17.3. The Labute approximate surface area is 169 Å². The van der Waals surface area contributed by atoms with E-state index in [1.807, 2.05) is 19.1 Å². The van der Waals surface area contributed by atoms with Crippen LogP contribution in [0.5, 0.6) is 0 Å². The van der Waals surface area contributed by atoms with Crippen molar-refractivity contribution >= 4 is 32.6 Å². The zero-order chi connectivity index (χ0) is 20.6. The van der Waals surface area contributed by atoms with Crippen molar-refractivity contribution < 1.29 is 17.7 Å². The maximum Gasteiger partial charge on any atom is 0.276 e. The number of fused-ring (bicyclic) bond motifs is 1. The van der Waals surface area contributed by atoms with Gasteiger partial charge in [0.25, 0.3) is 15.9 Å². The molecule has 2 heterocycles. The Balaban J connectivity index is 1.71. The number of anilines is 1. The average molecular weight is 413 g/mol. The van der Waals surface area contributed by atoms with Crippen LogP contribution in [0, 0.1) is 6.92 Å². The summed E-state index contributed by atoms with van der Waals surface area (Å²) >= 11 is 0. The first-order chi connectivity index (χ1) is 13.9. The minimum Gasteiger partial charge on any atom is -0.355 e. The smallest absolute Gasteiger partial charge is 0.276 e. The summed E-state index contributed by atoms with van der Waals surface area (Å²) in [4.78, 5) is 14.7. The van der Waals surface area contributed by atoms with Gasteiger partial charge in [-0.15, -0.1) is 0 Å². The van der Waals surface area contributed by atoms with Gasteiger partial charge in [0.2, 0.25) is 0 Å². The lowest BCUT2D eigenvalue weighted by Gasteiger charge is -2.25. The summed E-state index contributed by atoms with van der Waals surface area (Å²) in [5.74, 6) is -0.218. The SMILES string of the molecule is Cc1ccc(N(C)S(=O)(=O)c2ccc3onc(C(=O)N4CCCCC4)c3c2)cc1. The molecular weight excluding hydrogens is 390 g/mol. The molecule has 0 spiro atoms. The molecule has 1 saturated heterocycles. The molecule has 152 valence electrons. The number of hydrogen-bond acceptors (Lipinski definition) is 5. The fraction of sp³-hybridized carbons (Fsp3) is 0.333. The van der Waals surface area contributed by atoms with E-state index in [2.05, 4.69) is 5.16 Å². The quantitative estimate of drug-likeness (QED) is 0.653. The second-order valence-electron chi connectivity index (χ2n) is 7.35. The van der Waals surface area contributed by atoms with Gasteiger partial charge < -0.3 is 9.42 Å². The van der Waals surface area contributed by atoms with Crippen molar-refractivity contribution in [2.45, 2.75) is 31.1 Å². The predicted octanol–water partition coefficient (Wildman–Crippen LogP) is 3.59. The van der Waals surface area contributed by atoms with Gasteiger partial charge in [0, 0.05) is 20.1 Å². The Morgan fingerprint density at radius 3 is 2.45 bits per heavy atom. The third-order valence-corrected chi connectivity index (χ3v) is 7.12. The fourth-order valence-corrected chi connectivity index (χ4v) is 4.75. The largest absolute Gasteiger partial charge is 0.355 e. The summed E-state index contributed by atoms with van der Waals surface area (Å²) in [6.45, 7) is 3.31. The van der Waals surface area contributed by atoms with Gasteiger partial charge in [-0.05, 0) is 56.5 Å². The van der Waals surface area contributed by atoms with Crippen LogP contribution < -0.4 is 4.31 Å². The van der Waals surface area contributed by atoms with E-state index in [-0.39, 0.29) is 16.5 Å². The van der Waals surface area contributed by atoms with Crippen molar-refractivity contribution in [3.63, 3.8) is 0 Å². The van der Waals surface area contributed by atoms with E-state index >= 15 is 0 Å². The van der Waals surface area contributed by atoms with E-state index < -0.39 is 10.0 Å². The van der Waals surface area contributed by atoms with Crippen LogP contribution >= 0.6 is 0 Å². The maximum absolute atomic E-state index is 13.1. The molecule has 0 N–H and O–H groups in total. The Bertz CT molecular complexity index is 1150. The lowest BCUT2D eigenvalue weighted by Crippen LogP contribution is -2.35. The summed E-state index contributed by atoms with van der Waals surface area (Å²) in [5.41, 5.74) is 2.16. The predicted molar refractivity (Wildman–Crippen MR) is 111 cm³/mol. The molecule has 0 bridgehead atoms. The molecule has 29 heavy (non-hydrogen) atoms. The first kappa shape index (κ1) is 19.4. The molecule has 1 aliphatic heterocycles. The summed E-state index contributed by atoms with van der Waals surface area (Å²) in [6, 6.07) is 11.7. The molecule has 0 unspecified atom stereocenters. The Morgan fingerprint density at radius 1 is 1.07 bits per heavy atom. The lowest BCUT2D eigenvalue weighted by atomic mass is 10.1. The van der Waals surface area contributed by atoms with Crippen LogP contribution in [-0.2, 0) is 10.0 Å². The summed E-state index contributed by atoms with van der Waals surface area (Å²) in [7, 11) is -2.29. The van der Waals surface area contributed by atoms with Crippen molar-refractivity contribution in [1.29, 1.82) is 0 Å². The molecule has 0 radical (unpaired) electrons. The Morgan fingerprint density at radius 2 is 1.76 bits per heavy atom. The van der Waals surface area contributed by atoms with E-state index in [1.165, 1.54) is 23.5 Å². The van der Waals surface area contributed by atoms with Crippen molar-refractivity contribution in [2.75, 3.05) is 24.4 Å². The molecule has 0 saturated carbocycles. The lowest BCUT2D eigenvalue weighted by molar-refractivity contribution is 0.0716. The Kier molecular flexibility index (Phi) is 5.04. The second-order valence-corrected chi connectivity index (χ2v) is 9.32. The number of rotatable bonds is 4. The second kappa shape index (κ2) is 7.51. The van der Waals surface area contributed by atoms with E-state index in [9.17, 15) is 13.2 Å². The minimum atomic E-state index is -3.80. The van der Waals surface area contributed by atoms with Gasteiger partial charge in [0.05, 0.1) is 16.0 Å². The molecule has 1 aromatic heterocycles. The van der Waals surface area contributed by atoms with E-state index in [0.717, 1.165) is 24.8 Å². The summed E-state index contributed by atoms with van der Waals surface area (Å²) < 4.78 is 32.8. The molecule has 3 aromatic rings. The fourth-order valence-electron chi connectivity index (χ4n) is 3.53. The summed E-state index contributed by atoms with van der Waals surface area (Å²) in [6.07, 6.45) is 3.03. The number of amides is 1. The van der Waals surface area contributed by atoms with Gasteiger partial charge >= 0.3 is 0 Å². The van der Waals surface area contributed by atoms with Crippen molar-refractivity contribution in [1.82, 2.24) is 10.1 Å². The molecule has 1 fully saturated rings. The van der Waals surface area contributed by atoms with Crippen LogP contribution in [-0.4, -0.2) is 44.5 Å². The number of carbonyl (C=O) groups is 1. The number of benzene rings is 2. The molecule has 4 rings (SSSR count). The van der Waals surface area contributed by atoms with Crippen molar-refractivity contribution in [3.8, 4) is 0 Å². The highest BCUT2D eigenvalue weighted by Gasteiger charge is 2.27. The topological polar surface area (TPSA) is 83.7 Å². The first-order valence-corrected chi connectivity index (χ1v) is 11.1. The van der Waals surface area contributed by atoms with Crippen molar-refractivity contribution in [2.24, 2.45) is 0 Å². The monoisotopic (exact) mass is 413 g/mol.